The number of nitrogens with zero attached hydrogens (tertiary/aromatic N) is 1. The molecule has 1 saturated heterocycles. The number of benzene rings is 1. The molecule has 106 valence electrons. The lowest BCUT2D eigenvalue weighted by molar-refractivity contribution is 0.152. The predicted octanol–water partition coefficient (Wildman–Crippen LogP) is 2.43. The van der Waals surface area contributed by atoms with E-state index in [2.05, 4.69) is 24.0 Å². The Morgan fingerprint density at radius 3 is 2.79 bits per heavy atom. The molecule has 3 heteroatoms. The third-order valence-corrected chi connectivity index (χ3v) is 3.95. The third-order valence-electron chi connectivity index (χ3n) is 3.95. The molecule has 1 aliphatic rings. The van der Waals surface area contributed by atoms with Crippen molar-refractivity contribution in [2.24, 2.45) is 11.7 Å². The van der Waals surface area contributed by atoms with E-state index in [0.29, 0.717) is 0 Å². The fourth-order valence-corrected chi connectivity index (χ4v) is 2.73. The lowest BCUT2D eigenvalue weighted by Crippen LogP contribution is -2.36. The zero-order valence-corrected chi connectivity index (χ0v) is 12.0. The molecule has 1 aromatic rings. The molecule has 0 saturated carbocycles. The maximum absolute atomic E-state index is 5.80. The van der Waals surface area contributed by atoms with Crippen molar-refractivity contribution in [3.63, 3.8) is 0 Å². The van der Waals surface area contributed by atoms with Crippen LogP contribution in [0.5, 0.6) is 5.75 Å². The van der Waals surface area contributed by atoms with Crippen LogP contribution < -0.4 is 10.5 Å². The summed E-state index contributed by atoms with van der Waals surface area (Å²) in [5.41, 5.74) is 6.87. The number of nitrogens with two attached hydrogens (primary N) is 1. The molecule has 0 bridgehead atoms. The molecule has 1 aliphatic heterocycles. The molecule has 0 aliphatic carbocycles. The van der Waals surface area contributed by atoms with E-state index in [-0.39, 0.29) is 0 Å². The normalized spacial score (nSPS) is 17.6. The van der Waals surface area contributed by atoms with Gasteiger partial charge in [-0.05, 0) is 69.4 Å². The van der Waals surface area contributed by atoms with Crippen LogP contribution in [0.4, 0.5) is 0 Å². The van der Waals surface area contributed by atoms with Gasteiger partial charge in [-0.1, -0.05) is 12.1 Å². The van der Waals surface area contributed by atoms with E-state index in [1.54, 1.807) is 0 Å². The molecule has 2 N–H and O–H groups in total. The smallest absolute Gasteiger partial charge is 0.119 e. The van der Waals surface area contributed by atoms with E-state index in [4.69, 9.17) is 10.5 Å². The fourth-order valence-electron chi connectivity index (χ4n) is 2.73. The second-order valence-electron chi connectivity index (χ2n) is 5.53. The molecule has 2 rings (SSSR count). The van der Waals surface area contributed by atoms with Crippen molar-refractivity contribution in [3.8, 4) is 5.75 Å². The molecule has 0 aromatic heterocycles. The van der Waals surface area contributed by atoms with Gasteiger partial charge in [-0.25, -0.2) is 0 Å². The van der Waals surface area contributed by atoms with Crippen LogP contribution in [-0.2, 0) is 0 Å². The largest absolute Gasteiger partial charge is 0.492 e. The zero-order valence-electron chi connectivity index (χ0n) is 12.0. The minimum atomic E-state index is 0.783. The Balaban J connectivity index is 1.64. The van der Waals surface area contributed by atoms with E-state index in [1.165, 1.54) is 37.9 Å². The average molecular weight is 262 g/mol. The number of hydrogen-bond acceptors (Lipinski definition) is 3. The van der Waals surface area contributed by atoms with Crippen molar-refractivity contribution >= 4 is 0 Å². The van der Waals surface area contributed by atoms with Gasteiger partial charge in [-0.3, -0.25) is 4.90 Å². The quantitative estimate of drug-likeness (QED) is 0.855. The molecule has 0 spiro atoms. The molecule has 0 unspecified atom stereocenters. The summed E-state index contributed by atoms with van der Waals surface area (Å²) in [5, 5.41) is 0. The van der Waals surface area contributed by atoms with Crippen LogP contribution >= 0.6 is 0 Å². The lowest BCUT2D eigenvalue weighted by atomic mass is 9.94. The zero-order chi connectivity index (χ0) is 13.5. The van der Waals surface area contributed by atoms with Crippen LogP contribution in [0.3, 0.4) is 0 Å². The van der Waals surface area contributed by atoms with Gasteiger partial charge in [0.2, 0.25) is 0 Å². The number of ether oxygens (including phenoxy) is 1. The van der Waals surface area contributed by atoms with E-state index in [9.17, 15) is 0 Å². The molecule has 1 fully saturated rings. The highest BCUT2D eigenvalue weighted by Crippen LogP contribution is 2.19. The van der Waals surface area contributed by atoms with Crippen molar-refractivity contribution in [2.45, 2.75) is 26.2 Å². The van der Waals surface area contributed by atoms with Gasteiger partial charge in [0.25, 0.3) is 0 Å². The summed E-state index contributed by atoms with van der Waals surface area (Å²) < 4.78 is 5.80. The maximum atomic E-state index is 5.80. The van der Waals surface area contributed by atoms with E-state index < -0.39 is 0 Å². The van der Waals surface area contributed by atoms with Gasteiger partial charge in [0.15, 0.2) is 0 Å². The Morgan fingerprint density at radius 1 is 1.32 bits per heavy atom. The molecule has 3 nitrogen and oxygen atoms in total. The number of aryl methyl sites for hydroxylation is 1. The Hall–Kier alpha value is -1.06. The predicted molar refractivity (Wildman–Crippen MR) is 79.5 cm³/mol. The highest BCUT2D eigenvalue weighted by atomic mass is 16.5. The number of rotatable bonds is 6. The molecular formula is C16H26N2O. The van der Waals surface area contributed by atoms with Crippen molar-refractivity contribution in [2.75, 3.05) is 32.8 Å². The second-order valence-corrected chi connectivity index (χ2v) is 5.53. The lowest BCUT2D eigenvalue weighted by Gasteiger charge is -2.31. The van der Waals surface area contributed by atoms with Crippen LogP contribution in [0, 0.1) is 12.8 Å². The Morgan fingerprint density at radius 2 is 2.11 bits per heavy atom. The standard InChI is InChI=1S/C16H26N2O/c1-14-3-2-4-16(13-14)19-12-11-18-9-6-15(5-8-17)7-10-18/h2-4,13,15H,5-12,17H2,1H3. The number of piperidine rings is 1. The van der Waals surface area contributed by atoms with Gasteiger partial charge >= 0.3 is 0 Å². The summed E-state index contributed by atoms with van der Waals surface area (Å²) in [5.74, 6) is 1.83. The van der Waals surface area contributed by atoms with Gasteiger partial charge in [0, 0.05) is 6.54 Å². The van der Waals surface area contributed by atoms with Gasteiger partial charge < -0.3 is 10.5 Å². The first-order chi connectivity index (χ1) is 9.28. The van der Waals surface area contributed by atoms with Gasteiger partial charge in [-0.2, -0.15) is 0 Å². The minimum absolute atomic E-state index is 0.783. The summed E-state index contributed by atoms with van der Waals surface area (Å²) in [6.45, 7) is 7.13. The van der Waals surface area contributed by atoms with Crippen LogP contribution in [-0.4, -0.2) is 37.7 Å². The average Bonchev–Trinajstić information content (AvgIpc) is 2.41. The van der Waals surface area contributed by atoms with Gasteiger partial charge in [0.1, 0.15) is 12.4 Å². The molecule has 1 aromatic carbocycles. The number of hydrogen-bond donors (Lipinski definition) is 1. The van der Waals surface area contributed by atoms with Crippen LogP contribution in [0.15, 0.2) is 24.3 Å². The minimum Gasteiger partial charge on any atom is -0.492 e. The highest BCUT2D eigenvalue weighted by molar-refractivity contribution is 5.27. The van der Waals surface area contributed by atoms with E-state index in [0.717, 1.165) is 31.4 Å². The molecule has 0 atom stereocenters. The summed E-state index contributed by atoms with van der Waals surface area (Å²) in [7, 11) is 0. The van der Waals surface area contributed by atoms with Gasteiger partial charge in [-0.15, -0.1) is 0 Å². The summed E-state index contributed by atoms with van der Waals surface area (Å²) in [4.78, 5) is 2.50. The van der Waals surface area contributed by atoms with Crippen LogP contribution in [0.1, 0.15) is 24.8 Å². The topological polar surface area (TPSA) is 38.5 Å². The third kappa shape index (κ3) is 4.84. The monoisotopic (exact) mass is 262 g/mol. The highest BCUT2D eigenvalue weighted by Gasteiger charge is 2.18. The first-order valence-electron chi connectivity index (χ1n) is 7.40. The Bertz CT molecular complexity index is 373. The van der Waals surface area contributed by atoms with E-state index >= 15 is 0 Å². The summed E-state index contributed by atoms with van der Waals surface area (Å²) in [6.07, 6.45) is 3.77. The first kappa shape index (κ1) is 14.4. The van der Waals surface area contributed by atoms with E-state index in [1.807, 2.05) is 12.1 Å². The van der Waals surface area contributed by atoms with Crippen molar-refractivity contribution < 1.29 is 4.74 Å². The van der Waals surface area contributed by atoms with Crippen molar-refractivity contribution in [1.82, 2.24) is 4.90 Å². The molecule has 0 radical (unpaired) electrons. The first-order valence-corrected chi connectivity index (χ1v) is 7.40. The van der Waals surface area contributed by atoms with Gasteiger partial charge in [0.05, 0.1) is 0 Å². The summed E-state index contributed by atoms with van der Waals surface area (Å²) >= 11 is 0. The Kier molecular flexibility index (Phi) is 5.67. The second kappa shape index (κ2) is 7.51. The number of likely N-dealkylation sites (tertiary alicyclic amines) is 1. The molecule has 1 heterocycles. The van der Waals surface area contributed by atoms with Crippen LogP contribution in [0.25, 0.3) is 0 Å². The molecule has 0 amide bonds. The molecule has 19 heavy (non-hydrogen) atoms. The fraction of sp³-hybridized carbons (Fsp3) is 0.625. The Labute approximate surface area is 116 Å². The SMILES string of the molecule is Cc1cccc(OCCN2CCC(CCN)CC2)c1. The maximum Gasteiger partial charge on any atom is 0.119 e. The van der Waals surface area contributed by atoms with Crippen molar-refractivity contribution in [3.05, 3.63) is 29.8 Å². The molecular weight excluding hydrogens is 236 g/mol. The summed E-state index contributed by atoms with van der Waals surface area (Å²) in [6, 6.07) is 8.26. The van der Waals surface area contributed by atoms with Crippen molar-refractivity contribution in [1.29, 1.82) is 0 Å². The van der Waals surface area contributed by atoms with Crippen LogP contribution in [0.2, 0.25) is 0 Å².